The molecule has 5 aliphatic rings. The van der Waals surface area contributed by atoms with Crippen LogP contribution in [0.15, 0.2) is 48.7 Å². The number of likely N-dealkylation sites (tertiary alicyclic amines) is 1. The van der Waals surface area contributed by atoms with Gasteiger partial charge >= 0.3 is 0 Å². The van der Waals surface area contributed by atoms with Crippen LogP contribution in [-0.4, -0.2) is 106 Å². The van der Waals surface area contributed by atoms with E-state index in [4.69, 9.17) is 0 Å². The van der Waals surface area contributed by atoms with Gasteiger partial charge in [-0.15, -0.1) is 0 Å². The highest BCUT2D eigenvalue weighted by molar-refractivity contribution is 6.01. The molecule has 2 saturated carbocycles. The number of carbonyl (C=O) groups is 3. The number of nitrogens with zero attached hydrogens (tertiary/aromatic N) is 5. The Bertz CT molecular complexity index is 1900. The fraction of sp³-hybridized carbons (Fsp3) is 0.537. The largest absolute Gasteiger partial charge is 0.388 e. The molecule has 3 saturated heterocycles. The van der Waals surface area contributed by atoms with Crippen LogP contribution in [0, 0.1) is 17.6 Å². The van der Waals surface area contributed by atoms with E-state index in [0.717, 1.165) is 31.2 Å². The number of hydrogen-bond donors (Lipinski definition) is 4. The molecule has 0 radical (unpaired) electrons. The van der Waals surface area contributed by atoms with Crippen LogP contribution in [-0.2, 0) is 14.4 Å². The van der Waals surface area contributed by atoms with Crippen molar-refractivity contribution < 1.29 is 28.3 Å². The van der Waals surface area contributed by atoms with Crippen molar-refractivity contribution in [1.29, 1.82) is 0 Å². The van der Waals surface area contributed by atoms with E-state index in [-0.39, 0.29) is 36.0 Å². The Hall–Kier alpha value is -4.69. The summed E-state index contributed by atoms with van der Waals surface area (Å²) >= 11 is 0. The van der Waals surface area contributed by atoms with Gasteiger partial charge in [0.2, 0.25) is 23.7 Å². The highest BCUT2D eigenvalue weighted by Gasteiger charge is 2.39. The molecule has 4 N–H and O–H groups in total. The lowest BCUT2D eigenvalue weighted by molar-refractivity contribution is -0.141. The first kappa shape index (κ1) is 37.2. The summed E-state index contributed by atoms with van der Waals surface area (Å²) < 4.78 is 30.0. The third-order valence-corrected chi connectivity index (χ3v) is 12.1. The Kier molecular flexibility index (Phi) is 10.7. The lowest BCUT2D eigenvalue weighted by Gasteiger charge is -2.44. The highest BCUT2D eigenvalue weighted by Crippen LogP contribution is 2.41. The number of imide groups is 1. The lowest BCUT2D eigenvalue weighted by Crippen LogP contribution is -2.56. The number of anilines is 3. The summed E-state index contributed by atoms with van der Waals surface area (Å²) in [5.41, 5.74) is 2.38. The van der Waals surface area contributed by atoms with Crippen LogP contribution < -0.4 is 20.9 Å². The van der Waals surface area contributed by atoms with Crippen LogP contribution in [0.1, 0.15) is 75.7 Å². The number of carbonyl (C=O) groups excluding carboxylic acids is 3. The molecule has 8 rings (SSSR count). The van der Waals surface area contributed by atoms with Crippen molar-refractivity contribution in [2.45, 2.75) is 87.8 Å². The first-order chi connectivity index (χ1) is 26.6. The molecule has 1 aromatic heterocycles. The summed E-state index contributed by atoms with van der Waals surface area (Å²) in [6, 6.07) is 12.4. The van der Waals surface area contributed by atoms with Crippen LogP contribution in [0.2, 0.25) is 0 Å². The maximum Gasteiger partial charge on any atom is 0.249 e. The first-order valence-electron chi connectivity index (χ1n) is 19.9. The van der Waals surface area contributed by atoms with E-state index < -0.39 is 23.4 Å². The Morgan fingerprint density at radius 3 is 2.36 bits per heavy atom. The van der Waals surface area contributed by atoms with Crippen molar-refractivity contribution in [2.75, 3.05) is 61.3 Å². The summed E-state index contributed by atoms with van der Waals surface area (Å²) in [7, 11) is 0. The minimum Gasteiger partial charge on any atom is -0.388 e. The van der Waals surface area contributed by atoms with Gasteiger partial charge in [0.05, 0.1) is 17.5 Å². The number of aromatic nitrogens is 2. The van der Waals surface area contributed by atoms with E-state index in [0.29, 0.717) is 94.0 Å². The third-order valence-electron chi connectivity index (χ3n) is 12.1. The van der Waals surface area contributed by atoms with Crippen molar-refractivity contribution in [3.63, 3.8) is 0 Å². The summed E-state index contributed by atoms with van der Waals surface area (Å²) in [6.07, 6.45) is 8.30. The van der Waals surface area contributed by atoms with E-state index in [1.807, 2.05) is 28.0 Å². The SMILES string of the molecule is O=C1CCC(Nc2ccc(N3CCN(CC4(O)CCN(C(=O)[C@H]5CC[C@H](Nc6ncc(F)c(-c7cccc(C8CC8)c7)n6)CC5)CC4)CC3)c(F)c2)C(=O)N1. The Labute approximate surface area is 320 Å². The van der Waals surface area contributed by atoms with Crippen LogP contribution in [0.4, 0.5) is 26.1 Å². The standard InChI is InChI=1S/C41H50F2N8O4/c42-32-23-31(45-34-11-13-36(52)47-38(34)53)10-12-35(32)50-20-18-49(19-21-50)25-41(55)14-16-51(17-15-41)39(54)27-6-8-30(9-7-27)46-40-44-24-33(43)37(48-40)29-3-1-2-28(22-29)26-4-5-26/h1-3,10,12,22-24,26-27,30,34,45,55H,4-9,11,13-21,25H2,(H,44,46,48)(H,47,52,53)/t27-,30-,34?. The normalized spacial score (nSPS) is 24.7. The van der Waals surface area contributed by atoms with E-state index >= 15 is 4.39 Å². The summed E-state index contributed by atoms with van der Waals surface area (Å²) in [4.78, 5) is 52.0. The summed E-state index contributed by atoms with van der Waals surface area (Å²) in [5, 5.41) is 20.3. The minimum absolute atomic E-state index is 0.0603. The fourth-order valence-corrected chi connectivity index (χ4v) is 8.67. The second-order valence-corrected chi connectivity index (χ2v) is 16.1. The van der Waals surface area contributed by atoms with E-state index in [1.54, 1.807) is 12.1 Å². The number of piperazine rings is 1. The number of rotatable bonds is 10. The van der Waals surface area contributed by atoms with Crippen molar-refractivity contribution in [3.05, 3.63) is 65.9 Å². The van der Waals surface area contributed by atoms with Gasteiger partial charge in [-0.3, -0.25) is 24.6 Å². The fourth-order valence-electron chi connectivity index (χ4n) is 8.67. The van der Waals surface area contributed by atoms with Gasteiger partial charge in [0, 0.05) is 75.4 Å². The van der Waals surface area contributed by atoms with E-state index in [9.17, 15) is 23.9 Å². The zero-order valence-corrected chi connectivity index (χ0v) is 31.1. The number of amides is 3. The molecule has 14 heteroatoms. The quantitative estimate of drug-likeness (QED) is 0.216. The second kappa shape index (κ2) is 15.8. The van der Waals surface area contributed by atoms with Crippen LogP contribution >= 0.6 is 0 Å². The van der Waals surface area contributed by atoms with Crippen molar-refractivity contribution in [1.82, 2.24) is 25.1 Å². The summed E-state index contributed by atoms with van der Waals surface area (Å²) in [6.45, 7) is 4.12. The molecule has 0 spiro atoms. The first-order valence-corrected chi connectivity index (χ1v) is 19.9. The number of benzene rings is 2. The monoisotopic (exact) mass is 756 g/mol. The molecule has 3 aromatic rings. The molecular formula is C41H50F2N8O4. The Balaban J connectivity index is 0.765. The topological polar surface area (TPSA) is 143 Å². The number of piperidine rings is 2. The molecular weight excluding hydrogens is 706 g/mol. The maximum atomic E-state index is 15.2. The van der Waals surface area contributed by atoms with Gasteiger partial charge in [0.25, 0.3) is 0 Å². The molecule has 4 heterocycles. The average molecular weight is 757 g/mol. The highest BCUT2D eigenvalue weighted by atomic mass is 19.1. The number of hydrogen-bond acceptors (Lipinski definition) is 10. The minimum atomic E-state index is -0.887. The van der Waals surface area contributed by atoms with E-state index in [1.165, 1.54) is 30.7 Å². The zero-order valence-electron chi connectivity index (χ0n) is 31.1. The molecule has 292 valence electrons. The third kappa shape index (κ3) is 8.75. The van der Waals surface area contributed by atoms with Crippen molar-refractivity contribution in [2.24, 2.45) is 5.92 Å². The molecule has 2 aromatic carbocycles. The predicted octanol–water partition coefficient (Wildman–Crippen LogP) is 4.66. The van der Waals surface area contributed by atoms with Crippen molar-refractivity contribution >= 4 is 35.0 Å². The molecule has 5 fully saturated rings. The van der Waals surface area contributed by atoms with E-state index in [2.05, 4.69) is 36.9 Å². The van der Waals surface area contributed by atoms with Crippen LogP contribution in [0.25, 0.3) is 11.3 Å². The van der Waals surface area contributed by atoms with Gasteiger partial charge in [-0.2, -0.15) is 0 Å². The number of β-amino-alcohol motifs (C(OH)–C–C–N with tert-alkyl or cyclic N) is 1. The molecule has 1 unspecified atom stereocenters. The summed E-state index contributed by atoms with van der Waals surface area (Å²) in [5.74, 6) is -0.452. The number of aliphatic hydroxyl groups is 1. The molecule has 3 aliphatic heterocycles. The molecule has 12 nitrogen and oxygen atoms in total. The predicted molar refractivity (Wildman–Crippen MR) is 204 cm³/mol. The molecule has 0 bridgehead atoms. The molecule has 55 heavy (non-hydrogen) atoms. The van der Waals surface area contributed by atoms with Gasteiger partial charge in [-0.25, -0.2) is 18.7 Å². The molecule has 2 aliphatic carbocycles. The lowest BCUT2D eigenvalue weighted by atomic mass is 9.84. The number of halogens is 2. The second-order valence-electron chi connectivity index (χ2n) is 16.1. The Morgan fingerprint density at radius 2 is 1.65 bits per heavy atom. The zero-order chi connectivity index (χ0) is 38.1. The Morgan fingerprint density at radius 1 is 0.891 bits per heavy atom. The molecule has 1 atom stereocenters. The average Bonchev–Trinajstić information content (AvgIpc) is 4.04. The smallest absolute Gasteiger partial charge is 0.249 e. The maximum absolute atomic E-state index is 15.2. The van der Waals surface area contributed by atoms with Gasteiger partial charge in [0.1, 0.15) is 17.6 Å². The molecule has 3 amide bonds. The van der Waals surface area contributed by atoms with Gasteiger partial charge < -0.3 is 25.5 Å². The van der Waals surface area contributed by atoms with Crippen LogP contribution in [0.3, 0.4) is 0 Å². The van der Waals surface area contributed by atoms with Gasteiger partial charge in [-0.05, 0) is 93.5 Å². The van der Waals surface area contributed by atoms with Crippen molar-refractivity contribution in [3.8, 4) is 11.3 Å². The van der Waals surface area contributed by atoms with Gasteiger partial charge in [0.15, 0.2) is 5.82 Å². The number of nitrogens with one attached hydrogen (secondary N) is 3. The van der Waals surface area contributed by atoms with Crippen LogP contribution in [0.5, 0.6) is 0 Å². The van der Waals surface area contributed by atoms with Gasteiger partial charge in [-0.1, -0.05) is 18.2 Å².